The van der Waals surface area contributed by atoms with E-state index in [0.717, 1.165) is 23.4 Å². The molecule has 3 aromatic carbocycles. The molecule has 0 bridgehead atoms. The number of carbonyl (C=O) groups excluding carboxylic acids is 1. The molecule has 26 heavy (non-hydrogen) atoms. The molecular formula is C24H26OSi. The molecule has 132 valence electrons. The maximum Gasteiger partial charge on any atom is 0.166 e. The molecule has 0 aliphatic rings. The van der Waals surface area contributed by atoms with Crippen molar-refractivity contribution >= 4 is 29.8 Å². The van der Waals surface area contributed by atoms with Gasteiger partial charge in [-0.2, -0.15) is 0 Å². The van der Waals surface area contributed by atoms with Gasteiger partial charge in [0.15, 0.2) is 5.78 Å². The fourth-order valence-corrected chi connectivity index (χ4v) is 6.60. The van der Waals surface area contributed by atoms with E-state index in [1.807, 2.05) is 36.4 Å². The summed E-state index contributed by atoms with van der Waals surface area (Å²) in [6.45, 7) is 8.60. The summed E-state index contributed by atoms with van der Waals surface area (Å²) in [4.78, 5) is 13.3. The number of hydrogen-bond acceptors (Lipinski definition) is 1. The first kappa shape index (κ1) is 18.3. The molecule has 1 unspecified atom stereocenters. The number of allylic oxidation sites excluding steroid dienone is 1. The Hall–Kier alpha value is -2.45. The van der Waals surface area contributed by atoms with Gasteiger partial charge in [0.05, 0.1) is 8.07 Å². The standard InChI is InChI=1S/C24H26OSi/c1-4-10-22(18-26(2,3)23-13-6-5-7-14-23)24(25)21-16-15-19-11-8-9-12-20(19)17-21/h4-9,11-17,22H,1,10,18H2,2-3H3. The topological polar surface area (TPSA) is 17.1 Å². The van der Waals surface area contributed by atoms with Crippen LogP contribution in [-0.4, -0.2) is 13.9 Å². The number of hydrogen-bond donors (Lipinski definition) is 0. The molecule has 0 fully saturated rings. The zero-order chi connectivity index (χ0) is 18.6. The lowest BCUT2D eigenvalue weighted by Crippen LogP contribution is -2.43. The van der Waals surface area contributed by atoms with Crippen molar-refractivity contribution in [2.45, 2.75) is 25.6 Å². The van der Waals surface area contributed by atoms with E-state index in [1.165, 1.54) is 10.6 Å². The Morgan fingerprint density at radius 3 is 2.31 bits per heavy atom. The zero-order valence-corrected chi connectivity index (χ0v) is 16.6. The summed E-state index contributed by atoms with van der Waals surface area (Å²) in [6, 6.07) is 25.8. The van der Waals surface area contributed by atoms with Crippen LogP contribution >= 0.6 is 0 Å². The lowest BCUT2D eigenvalue weighted by atomic mass is 9.94. The quantitative estimate of drug-likeness (QED) is 0.295. The third-order valence-electron chi connectivity index (χ3n) is 5.17. The maximum absolute atomic E-state index is 13.3. The first-order valence-electron chi connectivity index (χ1n) is 9.21. The summed E-state index contributed by atoms with van der Waals surface area (Å²) in [7, 11) is -1.70. The van der Waals surface area contributed by atoms with Crippen molar-refractivity contribution in [2.24, 2.45) is 5.92 Å². The van der Waals surface area contributed by atoms with Gasteiger partial charge < -0.3 is 0 Å². The van der Waals surface area contributed by atoms with E-state index in [2.05, 4.69) is 62.1 Å². The molecule has 0 heterocycles. The summed E-state index contributed by atoms with van der Waals surface area (Å²) >= 11 is 0. The van der Waals surface area contributed by atoms with E-state index in [9.17, 15) is 4.79 Å². The molecule has 0 aromatic heterocycles. The van der Waals surface area contributed by atoms with Crippen molar-refractivity contribution in [1.82, 2.24) is 0 Å². The molecule has 3 rings (SSSR count). The summed E-state index contributed by atoms with van der Waals surface area (Å²) in [5.41, 5.74) is 0.813. The van der Waals surface area contributed by atoms with Crippen LogP contribution in [0.25, 0.3) is 10.8 Å². The van der Waals surface area contributed by atoms with E-state index >= 15 is 0 Å². The fourth-order valence-electron chi connectivity index (χ4n) is 3.69. The van der Waals surface area contributed by atoms with Crippen molar-refractivity contribution < 1.29 is 4.79 Å². The Kier molecular flexibility index (Phi) is 5.53. The molecule has 0 spiro atoms. The highest BCUT2D eigenvalue weighted by Gasteiger charge is 2.30. The van der Waals surface area contributed by atoms with Crippen LogP contribution in [0.15, 0.2) is 85.5 Å². The van der Waals surface area contributed by atoms with E-state index in [1.54, 1.807) is 0 Å². The monoisotopic (exact) mass is 358 g/mol. The van der Waals surface area contributed by atoms with Crippen molar-refractivity contribution in [3.63, 3.8) is 0 Å². The highest BCUT2D eigenvalue weighted by Crippen LogP contribution is 2.26. The molecule has 0 aliphatic carbocycles. The number of benzene rings is 3. The maximum atomic E-state index is 13.3. The Morgan fingerprint density at radius 2 is 1.62 bits per heavy atom. The highest BCUT2D eigenvalue weighted by molar-refractivity contribution is 6.90. The molecule has 3 aromatic rings. The van der Waals surface area contributed by atoms with E-state index in [-0.39, 0.29) is 11.7 Å². The zero-order valence-electron chi connectivity index (χ0n) is 15.6. The normalized spacial score (nSPS) is 12.7. The van der Waals surface area contributed by atoms with E-state index < -0.39 is 8.07 Å². The van der Waals surface area contributed by atoms with Crippen LogP contribution in [0.3, 0.4) is 0 Å². The third-order valence-corrected chi connectivity index (χ3v) is 8.58. The molecule has 0 radical (unpaired) electrons. The number of Topliss-reactive ketones (excluding diaryl/α,β-unsaturated/α-hetero) is 1. The minimum atomic E-state index is -1.70. The van der Waals surface area contributed by atoms with Gasteiger partial charge in [-0.3, -0.25) is 4.79 Å². The molecule has 1 nitrogen and oxygen atoms in total. The predicted octanol–water partition coefficient (Wildman–Crippen LogP) is 5.83. The second-order valence-corrected chi connectivity index (χ2v) is 12.4. The first-order valence-corrected chi connectivity index (χ1v) is 12.4. The van der Waals surface area contributed by atoms with Crippen LogP contribution in [0.4, 0.5) is 0 Å². The minimum Gasteiger partial charge on any atom is -0.294 e. The second-order valence-electron chi connectivity index (χ2n) is 7.60. The molecule has 0 amide bonds. The van der Waals surface area contributed by atoms with Crippen LogP contribution < -0.4 is 5.19 Å². The van der Waals surface area contributed by atoms with Gasteiger partial charge >= 0.3 is 0 Å². The molecule has 0 aliphatic heterocycles. The largest absolute Gasteiger partial charge is 0.294 e. The van der Waals surface area contributed by atoms with Crippen molar-refractivity contribution in [3.05, 3.63) is 91.0 Å². The first-order chi connectivity index (χ1) is 12.5. The Balaban J connectivity index is 1.88. The average molecular weight is 359 g/mol. The lowest BCUT2D eigenvalue weighted by Gasteiger charge is -2.27. The third kappa shape index (κ3) is 4.02. The summed E-state index contributed by atoms with van der Waals surface area (Å²) in [6.07, 6.45) is 2.62. The lowest BCUT2D eigenvalue weighted by molar-refractivity contribution is 0.0930. The van der Waals surface area contributed by atoms with Crippen LogP contribution in [-0.2, 0) is 0 Å². The SMILES string of the molecule is C=CCC(C[Si](C)(C)c1ccccc1)C(=O)c1ccc2ccccc2c1. The number of fused-ring (bicyclic) bond motifs is 1. The fraction of sp³-hybridized carbons (Fsp3) is 0.208. The van der Waals surface area contributed by atoms with Gasteiger partial charge in [0, 0.05) is 11.5 Å². The van der Waals surface area contributed by atoms with Crippen LogP contribution in [0.1, 0.15) is 16.8 Å². The average Bonchev–Trinajstić information content (AvgIpc) is 2.67. The van der Waals surface area contributed by atoms with Crippen molar-refractivity contribution in [2.75, 3.05) is 0 Å². The highest BCUT2D eigenvalue weighted by atomic mass is 28.3. The summed E-state index contributed by atoms with van der Waals surface area (Å²) in [5, 5.41) is 3.69. The van der Waals surface area contributed by atoms with Gasteiger partial charge in [0.2, 0.25) is 0 Å². The van der Waals surface area contributed by atoms with Gasteiger partial charge in [0.1, 0.15) is 0 Å². The van der Waals surface area contributed by atoms with Crippen molar-refractivity contribution in [3.8, 4) is 0 Å². The van der Waals surface area contributed by atoms with Gasteiger partial charge in [-0.05, 0) is 29.3 Å². The molecule has 0 saturated heterocycles. The molecular weight excluding hydrogens is 332 g/mol. The van der Waals surface area contributed by atoms with Gasteiger partial charge in [-0.25, -0.2) is 0 Å². The number of ketones is 1. The van der Waals surface area contributed by atoms with Gasteiger partial charge in [-0.15, -0.1) is 6.58 Å². The van der Waals surface area contributed by atoms with Gasteiger partial charge in [0.25, 0.3) is 0 Å². The molecule has 0 N–H and O–H groups in total. The van der Waals surface area contributed by atoms with Crippen LogP contribution in [0, 0.1) is 5.92 Å². The van der Waals surface area contributed by atoms with E-state index in [4.69, 9.17) is 0 Å². The Bertz CT molecular complexity index is 912. The number of rotatable bonds is 7. The molecule has 2 heteroatoms. The molecule has 1 atom stereocenters. The summed E-state index contributed by atoms with van der Waals surface area (Å²) in [5.74, 6) is 0.239. The van der Waals surface area contributed by atoms with Crippen LogP contribution in [0.5, 0.6) is 0 Å². The Labute approximate surface area is 157 Å². The minimum absolute atomic E-state index is 0.00413. The predicted molar refractivity (Wildman–Crippen MR) is 115 cm³/mol. The Morgan fingerprint density at radius 1 is 0.962 bits per heavy atom. The van der Waals surface area contributed by atoms with Gasteiger partial charge in [-0.1, -0.05) is 91.1 Å². The van der Waals surface area contributed by atoms with Crippen molar-refractivity contribution in [1.29, 1.82) is 0 Å². The molecule has 0 saturated carbocycles. The smallest absolute Gasteiger partial charge is 0.166 e. The van der Waals surface area contributed by atoms with E-state index in [0.29, 0.717) is 0 Å². The van der Waals surface area contributed by atoms with Crippen LogP contribution in [0.2, 0.25) is 19.1 Å². The summed E-state index contributed by atoms with van der Waals surface area (Å²) < 4.78 is 0. The second kappa shape index (κ2) is 7.84. The number of carbonyl (C=O) groups is 1.